The Bertz CT molecular complexity index is 262. The second-order valence-corrected chi connectivity index (χ2v) is 7.00. The molecular weight excluding hydrogens is 232 g/mol. The molecule has 19 heavy (non-hydrogen) atoms. The topological polar surface area (TPSA) is 15.3 Å². The van der Waals surface area contributed by atoms with Gasteiger partial charge in [0.25, 0.3) is 0 Å². The Morgan fingerprint density at radius 1 is 1.11 bits per heavy atom. The number of unbranched alkanes of at least 4 members (excludes halogenated alkanes) is 3. The molecule has 112 valence electrons. The lowest BCUT2D eigenvalue weighted by atomic mass is 9.88. The zero-order valence-electron chi connectivity index (χ0n) is 13.4. The summed E-state index contributed by atoms with van der Waals surface area (Å²) < 4.78 is 0. The molecular formula is C17H34N2. The fourth-order valence-electron chi connectivity index (χ4n) is 3.73. The molecule has 1 saturated carbocycles. The number of rotatable bonds is 8. The van der Waals surface area contributed by atoms with Gasteiger partial charge in [0.05, 0.1) is 0 Å². The van der Waals surface area contributed by atoms with E-state index in [1.807, 2.05) is 0 Å². The second kappa shape index (κ2) is 7.08. The molecule has 2 aliphatic rings. The Kier molecular flexibility index (Phi) is 5.70. The summed E-state index contributed by atoms with van der Waals surface area (Å²) in [4.78, 5) is 2.84. The van der Waals surface area contributed by atoms with Crippen molar-refractivity contribution in [3.8, 4) is 0 Å². The van der Waals surface area contributed by atoms with Gasteiger partial charge in [0.1, 0.15) is 0 Å². The largest absolute Gasteiger partial charge is 0.311 e. The maximum absolute atomic E-state index is 3.82. The molecule has 1 aliphatic carbocycles. The van der Waals surface area contributed by atoms with Crippen LogP contribution in [0.4, 0.5) is 0 Å². The summed E-state index contributed by atoms with van der Waals surface area (Å²) in [6, 6.07) is 0.739. The third-order valence-corrected chi connectivity index (χ3v) is 5.29. The third kappa shape index (κ3) is 3.95. The zero-order valence-corrected chi connectivity index (χ0v) is 13.4. The van der Waals surface area contributed by atoms with Crippen LogP contribution in [0.25, 0.3) is 0 Å². The highest BCUT2D eigenvalue weighted by Crippen LogP contribution is 2.44. The molecule has 0 aromatic carbocycles. The lowest BCUT2D eigenvalue weighted by Gasteiger charge is -2.49. The summed E-state index contributed by atoms with van der Waals surface area (Å²) in [6.45, 7) is 11.0. The fourth-order valence-corrected chi connectivity index (χ4v) is 3.73. The quantitative estimate of drug-likeness (QED) is 0.672. The molecule has 1 aliphatic heterocycles. The van der Waals surface area contributed by atoms with E-state index in [4.69, 9.17) is 0 Å². The average Bonchev–Trinajstić information content (AvgIpc) is 3.23. The zero-order chi connectivity index (χ0) is 13.7. The summed E-state index contributed by atoms with van der Waals surface area (Å²) in [6.07, 6.45) is 11.1. The van der Waals surface area contributed by atoms with Crippen LogP contribution in [0.1, 0.15) is 72.1 Å². The van der Waals surface area contributed by atoms with Crippen LogP contribution in [-0.4, -0.2) is 36.1 Å². The van der Waals surface area contributed by atoms with Gasteiger partial charge in [-0.15, -0.1) is 0 Å². The molecule has 2 nitrogen and oxygen atoms in total. The van der Waals surface area contributed by atoms with Gasteiger partial charge in [0.15, 0.2) is 0 Å². The van der Waals surface area contributed by atoms with Crippen molar-refractivity contribution in [1.82, 2.24) is 10.2 Å². The van der Waals surface area contributed by atoms with Gasteiger partial charge in [-0.25, -0.2) is 0 Å². The van der Waals surface area contributed by atoms with E-state index in [9.17, 15) is 0 Å². The maximum atomic E-state index is 3.82. The van der Waals surface area contributed by atoms with Crippen molar-refractivity contribution in [3.05, 3.63) is 0 Å². The standard InChI is InChI=1S/C17H34N2/c1-4-6-7-8-12-19-13-16(9-5-2)18-14-17(19,3)15-10-11-15/h15-16,18H,4-14H2,1-3H3. The molecule has 1 saturated heterocycles. The highest BCUT2D eigenvalue weighted by atomic mass is 15.3. The second-order valence-electron chi connectivity index (χ2n) is 7.00. The van der Waals surface area contributed by atoms with Crippen LogP contribution in [-0.2, 0) is 0 Å². The summed E-state index contributed by atoms with van der Waals surface area (Å²) in [7, 11) is 0. The smallest absolute Gasteiger partial charge is 0.0334 e. The van der Waals surface area contributed by atoms with Crippen LogP contribution in [0.2, 0.25) is 0 Å². The maximum Gasteiger partial charge on any atom is 0.0334 e. The Hall–Kier alpha value is -0.0800. The SMILES string of the molecule is CCCCCCN1CC(CCC)NCC1(C)C1CC1. The van der Waals surface area contributed by atoms with E-state index in [2.05, 4.69) is 31.0 Å². The van der Waals surface area contributed by atoms with Gasteiger partial charge < -0.3 is 5.32 Å². The van der Waals surface area contributed by atoms with Crippen LogP contribution in [0.3, 0.4) is 0 Å². The number of nitrogens with one attached hydrogen (secondary N) is 1. The first-order chi connectivity index (χ1) is 9.20. The monoisotopic (exact) mass is 266 g/mol. The molecule has 0 aromatic rings. The van der Waals surface area contributed by atoms with E-state index in [0.29, 0.717) is 5.54 Å². The van der Waals surface area contributed by atoms with E-state index >= 15 is 0 Å². The number of hydrogen-bond acceptors (Lipinski definition) is 2. The summed E-state index contributed by atoms with van der Waals surface area (Å²) in [5, 5.41) is 3.82. The van der Waals surface area contributed by atoms with E-state index in [1.165, 1.54) is 71.0 Å². The molecule has 0 bridgehead atoms. The predicted molar refractivity (Wildman–Crippen MR) is 83.5 cm³/mol. The summed E-state index contributed by atoms with van der Waals surface area (Å²) in [5.74, 6) is 0.966. The Morgan fingerprint density at radius 3 is 2.53 bits per heavy atom. The lowest BCUT2D eigenvalue weighted by molar-refractivity contribution is 0.0316. The molecule has 1 N–H and O–H groups in total. The first kappa shape index (κ1) is 15.3. The molecule has 2 heteroatoms. The van der Waals surface area contributed by atoms with Crippen molar-refractivity contribution in [3.63, 3.8) is 0 Å². The van der Waals surface area contributed by atoms with Gasteiger partial charge >= 0.3 is 0 Å². The van der Waals surface area contributed by atoms with Crippen LogP contribution < -0.4 is 5.32 Å². The number of piperazine rings is 1. The Morgan fingerprint density at radius 2 is 1.89 bits per heavy atom. The van der Waals surface area contributed by atoms with Crippen molar-refractivity contribution < 1.29 is 0 Å². The molecule has 2 fully saturated rings. The number of hydrogen-bond donors (Lipinski definition) is 1. The molecule has 0 amide bonds. The van der Waals surface area contributed by atoms with Crippen molar-refractivity contribution in [2.75, 3.05) is 19.6 Å². The third-order valence-electron chi connectivity index (χ3n) is 5.29. The minimum Gasteiger partial charge on any atom is -0.311 e. The van der Waals surface area contributed by atoms with Gasteiger partial charge in [0.2, 0.25) is 0 Å². The minimum atomic E-state index is 0.455. The van der Waals surface area contributed by atoms with Crippen molar-refractivity contribution in [2.24, 2.45) is 5.92 Å². The molecule has 2 unspecified atom stereocenters. The summed E-state index contributed by atoms with van der Waals surface area (Å²) >= 11 is 0. The normalized spacial score (nSPS) is 32.7. The molecule has 2 rings (SSSR count). The molecule has 0 spiro atoms. The number of nitrogens with zero attached hydrogens (tertiary/aromatic N) is 1. The average molecular weight is 266 g/mol. The van der Waals surface area contributed by atoms with Crippen LogP contribution in [0.5, 0.6) is 0 Å². The van der Waals surface area contributed by atoms with Crippen LogP contribution >= 0.6 is 0 Å². The molecule has 0 radical (unpaired) electrons. The van der Waals surface area contributed by atoms with Gasteiger partial charge in [-0.3, -0.25) is 4.90 Å². The van der Waals surface area contributed by atoms with Crippen molar-refractivity contribution >= 4 is 0 Å². The van der Waals surface area contributed by atoms with Gasteiger partial charge in [-0.05, 0) is 45.1 Å². The first-order valence-electron chi connectivity index (χ1n) is 8.69. The Balaban J connectivity index is 1.87. The van der Waals surface area contributed by atoms with Gasteiger partial charge in [-0.2, -0.15) is 0 Å². The van der Waals surface area contributed by atoms with Crippen molar-refractivity contribution in [1.29, 1.82) is 0 Å². The first-order valence-corrected chi connectivity index (χ1v) is 8.69. The Labute approximate surface area is 120 Å². The highest BCUT2D eigenvalue weighted by molar-refractivity contribution is 5.04. The molecule has 2 atom stereocenters. The minimum absolute atomic E-state index is 0.455. The van der Waals surface area contributed by atoms with E-state index < -0.39 is 0 Å². The van der Waals surface area contributed by atoms with E-state index in [0.717, 1.165) is 12.0 Å². The van der Waals surface area contributed by atoms with Gasteiger partial charge in [0, 0.05) is 24.7 Å². The molecule has 1 heterocycles. The molecule has 0 aromatic heterocycles. The van der Waals surface area contributed by atoms with Crippen LogP contribution in [0, 0.1) is 5.92 Å². The van der Waals surface area contributed by atoms with E-state index in [-0.39, 0.29) is 0 Å². The van der Waals surface area contributed by atoms with Crippen LogP contribution in [0.15, 0.2) is 0 Å². The van der Waals surface area contributed by atoms with Crippen molar-refractivity contribution in [2.45, 2.75) is 83.7 Å². The summed E-state index contributed by atoms with van der Waals surface area (Å²) in [5.41, 5.74) is 0.455. The van der Waals surface area contributed by atoms with E-state index in [1.54, 1.807) is 0 Å². The van der Waals surface area contributed by atoms with Gasteiger partial charge in [-0.1, -0.05) is 39.5 Å². The fraction of sp³-hybridized carbons (Fsp3) is 1.00. The lowest BCUT2D eigenvalue weighted by Crippen LogP contribution is -2.64. The predicted octanol–water partition coefficient (Wildman–Crippen LogP) is 3.81. The highest BCUT2D eigenvalue weighted by Gasteiger charge is 2.47.